The molecule has 0 spiro atoms. The zero-order valence-corrected chi connectivity index (χ0v) is 17.1. The topological polar surface area (TPSA) is 67.2 Å². The molecule has 0 aromatic rings. The highest BCUT2D eigenvalue weighted by Crippen LogP contribution is 2.39. The average Bonchev–Trinajstić information content (AvgIpc) is 2.47. The average molecular weight is 376 g/mol. The van der Waals surface area contributed by atoms with E-state index in [1.54, 1.807) is 0 Å². The summed E-state index contributed by atoms with van der Waals surface area (Å²) >= 11 is 5.98. The zero-order valence-electron chi connectivity index (χ0n) is 15.3. The van der Waals surface area contributed by atoms with E-state index in [-0.39, 0.29) is 22.3 Å². The molecule has 0 saturated carbocycles. The fourth-order valence-corrected chi connectivity index (χ4v) is 3.34. The van der Waals surface area contributed by atoms with Crippen LogP contribution >= 0.6 is 11.6 Å². The van der Waals surface area contributed by atoms with E-state index in [0.717, 1.165) is 0 Å². The van der Waals surface area contributed by atoms with E-state index >= 15 is 0 Å². The van der Waals surface area contributed by atoms with E-state index in [1.165, 1.54) is 0 Å². The molecule has 0 amide bonds. The monoisotopic (exact) mass is 375 g/mol. The molecule has 0 heterocycles. The first-order valence-electron chi connectivity index (χ1n) is 8.13. The molecule has 0 aromatic heterocycles. The van der Waals surface area contributed by atoms with E-state index in [1.807, 2.05) is 6.92 Å². The maximum atomic E-state index is 14.6. The Bertz CT molecular complexity index is 574. The molecule has 0 bridgehead atoms. The molecular weight excluding hydrogens is 349 g/mol. The Morgan fingerprint density at radius 1 is 1.38 bits per heavy atom. The molecule has 1 atom stereocenters. The summed E-state index contributed by atoms with van der Waals surface area (Å²) in [5, 5.41) is 3.90. The van der Waals surface area contributed by atoms with Gasteiger partial charge in [0.25, 0.3) is 0 Å². The molecule has 0 N–H and O–H groups in total. The normalized spacial score (nSPS) is 17.7. The van der Waals surface area contributed by atoms with Gasteiger partial charge in [-0.05, 0) is 37.0 Å². The number of hydrogen-bond acceptors (Lipinski definition) is 3. The Balaban J connectivity index is 3.16. The first-order valence-corrected chi connectivity index (χ1v) is 11.4. The predicted octanol–water partition coefficient (Wildman–Crippen LogP) is 6.19. The molecule has 0 radical (unpaired) electrons. The second-order valence-electron chi connectivity index (χ2n) is 7.28. The highest BCUT2D eigenvalue weighted by molar-refractivity contribution is 6.74. The first kappa shape index (κ1) is 21.0. The summed E-state index contributed by atoms with van der Waals surface area (Å²) in [6.07, 6.45) is 0.880. The maximum Gasteiger partial charge on any atom is 0.192 e. The van der Waals surface area contributed by atoms with Gasteiger partial charge in [-0.1, -0.05) is 37.5 Å². The quantitative estimate of drug-likeness (QED) is 0.230. The standard InChI is InChI=1S/C16H27ClFN3O2Si/c1-7-22-13-9-8-11(17)15(18)14(13)12(20-21-19)10-23-24(5,6)16(2,3)4/h12H,7-10H2,1-6H3. The Kier molecular flexibility index (Phi) is 7.35. The lowest BCUT2D eigenvalue weighted by Gasteiger charge is -2.37. The molecule has 0 saturated heterocycles. The van der Waals surface area contributed by atoms with Crippen molar-refractivity contribution in [2.45, 2.75) is 64.7 Å². The summed E-state index contributed by atoms with van der Waals surface area (Å²) in [5.41, 5.74) is 9.13. The van der Waals surface area contributed by atoms with Crippen molar-refractivity contribution in [3.05, 3.63) is 32.6 Å². The summed E-state index contributed by atoms with van der Waals surface area (Å²) in [4.78, 5) is 2.87. The molecule has 1 unspecified atom stereocenters. The molecule has 0 aromatic carbocycles. The van der Waals surface area contributed by atoms with Crippen LogP contribution < -0.4 is 0 Å². The van der Waals surface area contributed by atoms with Crippen LogP contribution in [0.3, 0.4) is 0 Å². The molecule has 1 aliphatic carbocycles. The van der Waals surface area contributed by atoms with Crippen LogP contribution in [0.1, 0.15) is 40.5 Å². The Hall–Kier alpha value is -1.01. The van der Waals surface area contributed by atoms with E-state index < -0.39 is 20.2 Å². The number of nitrogens with zero attached hydrogens (tertiary/aromatic N) is 3. The summed E-state index contributed by atoms with van der Waals surface area (Å²) in [6, 6.07) is -0.792. The second-order valence-corrected chi connectivity index (χ2v) is 12.5. The van der Waals surface area contributed by atoms with Crippen LogP contribution in [0.25, 0.3) is 10.4 Å². The minimum atomic E-state index is -2.06. The molecular formula is C16H27ClFN3O2Si. The van der Waals surface area contributed by atoms with Crippen molar-refractivity contribution in [1.82, 2.24) is 0 Å². The van der Waals surface area contributed by atoms with Gasteiger partial charge in [0.05, 0.1) is 17.7 Å². The van der Waals surface area contributed by atoms with Gasteiger partial charge >= 0.3 is 0 Å². The van der Waals surface area contributed by atoms with Gasteiger partial charge in [-0.15, -0.1) is 0 Å². The number of rotatable bonds is 7. The highest BCUT2D eigenvalue weighted by Gasteiger charge is 2.38. The van der Waals surface area contributed by atoms with E-state index in [0.29, 0.717) is 25.2 Å². The Labute approximate surface area is 149 Å². The summed E-state index contributed by atoms with van der Waals surface area (Å²) < 4.78 is 26.3. The molecule has 1 rings (SSSR count). The molecule has 1 aliphatic rings. The largest absolute Gasteiger partial charge is 0.498 e. The molecule has 24 heavy (non-hydrogen) atoms. The fraction of sp³-hybridized carbons (Fsp3) is 0.750. The van der Waals surface area contributed by atoms with Crippen LogP contribution in [-0.4, -0.2) is 27.6 Å². The van der Waals surface area contributed by atoms with E-state index in [2.05, 4.69) is 43.9 Å². The fourth-order valence-electron chi connectivity index (χ4n) is 2.13. The lowest BCUT2D eigenvalue weighted by atomic mass is 9.97. The number of hydrogen-bond donors (Lipinski definition) is 0. The van der Waals surface area contributed by atoms with Gasteiger partial charge in [0.15, 0.2) is 8.32 Å². The SMILES string of the molecule is CCOC1=C(C(CO[Si](C)(C)C(C)(C)C)N=[N+]=[N-])C(F)=C(Cl)CC1. The lowest BCUT2D eigenvalue weighted by Crippen LogP contribution is -2.42. The Morgan fingerprint density at radius 3 is 2.50 bits per heavy atom. The van der Waals surface area contributed by atoms with Crippen LogP contribution in [0, 0.1) is 0 Å². The predicted molar refractivity (Wildman–Crippen MR) is 98.0 cm³/mol. The third kappa shape index (κ3) is 4.99. The lowest BCUT2D eigenvalue weighted by molar-refractivity contribution is 0.204. The molecule has 5 nitrogen and oxygen atoms in total. The third-order valence-electron chi connectivity index (χ3n) is 4.60. The van der Waals surface area contributed by atoms with Gasteiger partial charge in [0.1, 0.15) is 11.6 Å². The van der Waals surface area contributed by atoms with Crippen molar-refractivity contribution >= 4 is 19.9 Å². The van der Waals surface area contributed by atoms with Crippen LogP contribution in [-0.2, 0) is 9.16 Å². The maximum absolute atomic E-state index is 14.6. The first-order chi connectivity index (χ1) is 11.0. The molecule has 136 valence electrons. The van der Waals surface area contributed by atoms with Crippen LogP contribution in [0.15, 0.2) is 27.3 Å². The van der Waals surface area contributed by atoms with Gasteiger partial charge in [-0.25, -0.2) is 4.39 Å². The van der Waals surface area contributed by atoms with Crippen molar-refractivity contribution in [3.63, 3.8) is 0 Å². The van der Waals surface area contributed by atoms with E-state index in [9.17, 15) is 4.39 Å². The highest BCUT2D eigenvalue weighted by atomic mass is 35.5. The summed E-state index contributed by atoms with van der Waals surface area (Å²) in [5.74, 6) is -0.0572. The molecule has 0 aliphatic heterocycles. The van der Waals surface area contributed by atoms with Crippen molar-refractivity contribution in [2.24, 2.45) is 5.11 Å². The van der Waals surface area contributed by atoms with E-state index in [4.69, 9.17) is 26.3 Å². The number of halogens is 2. The molecule has 8 heteroatoms. The number of ether oxygens (including phenoxy) is 1. The zero-order chi connectivity index (χ0) is 18.5. The van der Waals surface area contributed by atoms with Gasteiger partial charge in [-0.2, -0.15) is 0 Å². The smallest absolute Gasteiger partial charge is 0.192 e. The van der Waals surface area contributed by atoms with Crippen molar-refractivity contribution in [2.75, 3.05) is 13.2 Å². The van der Waals surface area contributed by atoms with Crippen LogP contribution in [0.4, 0.5) is 4.39 Å². The van der Waals surface area contributed by atoms with Crippen LogP contribution in [0.5, 0.6) is 0 Å². The van der Waals surface area contributed by atoms with Crippen molar-refractivity contribution < 1.29 is 13.6 Å². The van der Waals surface area contributed by atoms with Gasteiger partial charge in [-0.3, -0.25) is 0 Å². The number of allylic oxidation sites excluding steroid dienone is 2. The molecule has 0 fully saturated rings. The minimum absolute atomic E-state index is 0.00360. The second kappa shape index (κ2) is 8.38. The van der Waals surface area contributed by atoms with Gasteiger partial charge in [0, 0.05) is 23.5 Å². The summed E-state index contributed by atoms with van der Waals surface area (Å²) in [6.45, 7) is 12.9. The third-order valence-corrected chi connectivity index (χ3v) is 9.45. The summed E-state index contributed by atoms with van der Waals surface area (Å²) in [7, 11) is -2.06. The number of azide groups is 1. The van der Waals surface area contributed by atoms with Gasteiger partial charge < -0.3 is 9.16 Å². The minimum Gasteiger partial charge on any atom is -0.498 e. The van der Waals surface area contributed by atoms with Crippen molar-refractivity contribution in [1.29, 1.82) is 0 Å². The Morgan fingerprint density at radius 2 is 2.00 bits per heavy atom. The van der Waals surface area contributed by atoms with Crippen molar-refractivity contribution in [3.8, 4) is 0 Å². The van der Waals surface area contributed by atoms with Gasteiger partial charge in [0.2, 0.25) is 0 Å². The van der Waals surface area contributed by atoms with Crippen LogP contribution in [0.2, 0.25) is 18.1 Å².